The zero-order chi connectivity index (χ0) is 23.2. The molecule has 0 aromatic carbocycles. The molecule has 0 bridgehead atoms. The number of nitrogens with zero attached hydrogens (tertiary/aromatic N) is 3. The van der Waals surface area contributed by atoms with Gasteiger partial charge in [-0.25, -0.2) is 9.59 Å². The Labute approximate surface area is 173 Å². The third kappa shape index (κ3) is 6.01. The van der Waals surface area contributed by atoms with Crippen LogP contribution in [0.5, 0.6) is 0 Å². The highest BCUT2D eigenvalue weighted by Crippen LogP contribution is 2.34. The lowest BCUT2D eigenvalue weighted by atomic mass is 9.90. The van der Waals surface area contributed by atoms with Crippen molar-refractivity contribution >= 4 is 17.8 Å². The van der Waals surface area contributed by atoms with Crippen LogP contribution in [0.25, 0.3) is 11.3 Å². The number of carboxylic acids is 2. The third-order valence-electron chi connectivity index (χ3n) is 4.31. The minimum Gasteiger partial charge on any atom is -0.477 e. The summed E-state index contributed by atoms with van der Waals surface area (Å²) in [7, 11) is 0. The smallest absolute Gasteiger partial charge is 0.477 e. The van der Waals surface area contributed by atoms with Gasteiger partial charge in [0.05, 0.1) is 5.69 Å². The minimum absolute atomic E-state index is 0.209. The molecule has 2 aromatic rings. The van der Waals surface area contributed by atoms with Crippen molar-refractivity contribution in [3.63, 3.8) is 0 Å². The van der Waals surface area contributed by atoms with Crippen molar-refractivity contribution in [3.8, 4) is 11.3 Å². The van der Waals surface area contributed by atoms with Crippen LogP contribution >= 0.6 is 0 Å². The molecule has 0 unspecified atom stereocenters. The number of hydrogen-bond donors (Lipinski definition) is 4. The van der Waals surface area contributed by atoms with Crippen LogP contribution in [0, 0.1) is 0 Å². The number of rotatable bonds is 6. The molecule has 0 aliphatic heterocycles. The zero-order valence-corrected chi connectivity index (χ0v) is 16.0. The first-order chi connectivity index (χ1) is 14.6. The van der Waals surface area contributed by atoms with Gasteiger partial charge in [-0.15, -0.1) is 0 Å². The average Bonchev–Trinajstić information content (AvgIpc) is 3.09. The zero-order valence-electron chi connectivity index (χ0n) is 16.0. The number of halogens is 3. The van der Waals surface area contributed by atoms with Crippen molar-refractivity contribution in [1.29, 1.82) is 0 Å². The van der Waals surface area contributed by atoms with E-state index in [4.69, 9.17) is 15.0 Å². The number of nitrogens with one attached hydrogen (secondary N) is 1. The second kappa shape index (κ2) is 10.0. The Bertz CT molecular complexity index is 974. The van der Waals surface area contributed by atoms with E-state index in [9.17, 15) is 27.9 Å². The molecule has 168 valence electrons. The van der Waals surface area contributed by atoms with Crippen LogP contribution in [0.15, 0.2) is 18.5 Å². The van der Waals surface area contributed by atoms with Gasteiger partial charge in [-0.3, -0.25) is 14.5 Å². The summed E-state index contributed by atoms with van der Waals surface area (Å²) in [6.07, 6.45) is 0.279. The second-order valence-corrected chi connectivity index (χ2v) is 6.40. The third-order valence-corrected chi connectivity index (χ3v) is 4.31. The Balaban J connectivity index is 0.000000423. The Kier molecular flexibility index (Phi) is 7.69. The molecule has 0 spiro atoms. The van der Waals surface area contributed by atoms with E-state index >= 15 is 0 Å². The van der Waals surface area contributed by atoms with Crippen LogP contribution in [0.3, 0.4) is 0 Å². The predicted octanol–water partition coefficient (Wildman–Crippen LogP) is 0.874. The van der Waals surface area contributed by atoms with Crippen molar-refractivity contribution < 1.29 is 42.9 Å². The molecule has 1 aliphatic carbocycles. The number of aromatic carboxylic acids is 1. The van der Waals surface area contributed by atoms with E-state index in [0.29, 0.717) is 31.6 Å². The van der Waals surface area contributed by atoms with Crippen molar-refractivity contribution in [1.82, 2.24) is 20.1 Å². The highest BCUT2D eigenvalue weighted by molar-refractivity contribution is 5.90. The lowest BCUT2D eigenvalue weighted by Crippen LogP contribution is -2.28. The van der Waals surface area contributed by atoms with E-state index in [2.05, 4.69) is 15.4 Å². The maximum absolute atomic E-state index is 11.7. The number of aromatic nitrogens is 3. The van der Waals surface area contributed by atoms with E-state index in [0.717, 1.165) is 23.1 Å². The standard InChI is InChI=1S/C16H18N4O4.C2HF3O2/c21-9-13(22)18-5-1-7-20-15(16(23)24)12-3-2-10-8-17-6-4-11(10)14(12)19-20;3-2(4,5)1(6)7/h4,6,8,21H,1-3,5,7,9H2,(H,18,22)(H,23,24);(H,6,7). The molecule has 0 saturated heterocycles. The van der Waals surface area contributed by atoms with Gasteiger partial charge in [0.2, 0.25) is 5.91 Å². The highest BCUT2D eigenvalue weighted by atomic mass is 19.4. The number of aliphatic carboxylic acids is 1. The average molecular weight is 444 g/mol. The maximum atomic E-state index is 11.7. The van der Waals surface area contributed by atoms with Crippen LogP contribution in [-0.2, 0) is 29.0 Å². The van der Waals surface area contributed by atoms with Gasteiger partial charge >= 0.3 is 18.1 Å². The first-order valence-corrected chi connectivity index (χ1v) is 9.00. The summed E-state index contributed by atoms with van der Waals surface area (Å²) >= 11 is 0. The Morgan fingerprint density at radius 1 is 1.19 bits per heavy atom. The summed E-state index contributed by atoms with van der Waals surface area (Å²) in [4.78, 5) is 35.7. The molecule has 31 heavy (non-hydrogen) atoms. The van der Waals surface area contributed by atoms with E-state index in [1.54, 1.807) is 12.4 Å². The lowest BCUT2D eigenvalue weighted by Gasteiger charge is -2.14. The van der Waals surface area contributed by atoms with Gasteiger partial charge in [0.25, 0.3) is 0 Å². The Morgan fingerprint density at radius 2 is 1.87 bits per heavy atom. The van der Waals surface area contributed by atoms with Crippen molar-refractivity contribution in [2.75, 3.05) is 13.2 Å². The van der Waals surface area contributed by atoms with Crippen molar-refractivity contribution in [2.45, 2.75) is 32.0 Å². The Morgan fingerprint density at radius 3 is 2.45 bits per heavy atom. The number of carboxylic acid groups (broad SMARTS) is 2. The van der Waals surface area contributed by atoms with E-state index in [-0.39, 0.29) is 5.69 Å². The molecule has 4 N–H and O–H groups in total. The molecule has 0 fully saturated rings. The van der Waals surface area contributed by atoms with Gasteiger partial charge in [0.15, 0.2) is 0 Å². The number of alkyl halides is 3. The van der Waals surface area contributed by atoms with Crippen LogP contribution in [-0.4, -0.2) is 67.3 Å². The topological polar surface area (TPSA) is 155 Å². The summed E-state index contributed by atoms with van der Waals surface area (Å²) in [5.41, 5.74) is 3.67. The second-order valence-electron chi connectivity index (χ2n) is 6.40. The number of aliphatic hydroxyl groups is 1. The number of aryl methyl sites for hydroxylation is 2. The molecule has 0 radical (unpaired) electrons. The SMILES string of the molecule is O=C(CO)NCCCn1nc2c(c1C(=O)O)CCc1cnccc1-2.O=C(O)C(F)(F)F. The molecule has 10 nitrogen and oxygen atoms in total. The molecule has 0 saturated carbocycles. The number of amides is 1. The number of fused-ring (bicyclic) bond motifs is 3. The first-order valence-electron chi connectivity index (χ1n) is 9.00. The number of aliphatic hydroxyl groups excluding tert-OH is 1. The molecule has 1 amide bonds. The Hall–Kier alpha value is -3.48. The molecule has 3 rings (SSSR count). The first kappa shape index (κ1) is 23.8. The normalized spacial score (nSPS) is 12.1. The fraction of sp³-hybridized carbons (Fsp3) is 0.389. The van der Waals surface area contributed by atoms with Crippen LogP contribution in [0.4, 0.5) is 13.2 Å². The van der Waals surface area contributed by atoms with Crippen molar-refractivity contribution in [2.24, 2.45) is 0 Å². The van der Waals surface area contributed by atoms with Crippen LogP contribution in [0.2, 0.25) is 0 Å². The summed E-state index contributed by atoms with van der Waals surface area (Å²) in [6.45, 7) is 0.172. The fourth-order valence-electron chi connectivity index (χ4n) is 2.98. The van der Waals surface area contributed by atoms with Crippen LogP contribution < -0.4 is 5.32 Å². The van der Waals surface area contributed by atoms with E-state index in [1.807, 2.05) is 6.07 Å². The number of carbonyl (C=O) groups is 3. The molecule has 0 atom stereocenters. The molecular formula is C18H19F3N4O6. The molecule has 2 aromatic heterocycles. The summed E-state index contributed by atoms with van der Waals surface area (Å²) in [5, 5.41) is 32.4. The summed E-state index contributed by atoms with van der Waals surface area (Å²) in [6, 6.07) is 1.86. The molecular weight excluding hydrogens is 425 g/mol. The summed E-state index contributed by atoms with van der Waals surface area (Å²) < 4.78 is 33.2. The highest BCUT2D eigenvalue weighted by Gasteiger charge is 2.38. The van der Waals surface area contributed by atoms with Gasteiger partial charge in [-0.05, 0) is 30.9 Å². The number of carbonyl (C=O) groups excluding carboxylic acids is 1. The quantitative estimate of drug-likeness (QED) is 0.479. The predicted molar refractivity (Wildman–Crippen MR) is 98.2 cm³/mol. The van der Waals surface area contributed by atoms with Gasteiger partial charge in [-0.2, -0.15) is 18.3 Å². The maximum Gasteiger partial charge on any atom is 0.490 e. The summed E-state index contributed by atoms with van der Waals surface area (Å²) in [5.74, 6) is -4.21. The molecule has 1 aliphatic rings. The van der Waals surface area contributed by atoms with Crippen molar-refractivity contribution in [3.05, 3.63) is 35.3 Å². The van der Waals surface area contributed by atoms with Crippen LogP contribution in [0.1, 0.15) is 28.0 Å². The van der Waals surface area contributed by atoms with Gasteiger partial charge in [0.1, 0.15) is 12.3 Å². The number of pyridine rings is 1. The minimum atomic E-state index is -5.08. The number of hydrogen-bond acceptors (Lipinski definition) is 6. The van der Waals surface area contributed by atoms with E-state index in [1.165, 1.54) is 4.68 Å². The lowest BCUT2D eigenvalue weighted by molar-refractivity contribution is -0.192. The largest absolute Gasteiger partial charge is 0.490 e. The van der Waals surface area contributed by atoms with Gasteiger partial charge in [-0.1, -0.05) is 0 Å². The monoisotopic (exact) mass is 444 g/mol. The fourth-order valence-corrected chi connectivity index (χ4v) is 2.98. The van der Waals surface area contributed by atoms with Gasteiger partial charge < -0.3 is 20.6 Å². The van der Waals surface area contributed by atoms with E-state index < -0.39 is 30.6 Å². The molecule has 13 heteroatoms. The van der Waals surface area contributed by atoms with Gasteiger partial charge in [0, 0.05) is 36.6 Å². The molecule has 2 heterocycles.